The summed E-state index contributed by atoms with van der Waals surface area (Å²) < 4.78 is 19.8. The molecule has 0 radical (unpaired) electrons. The number of para-hydroxylation sites is 1. The van der Waals surface area contributed by atoms with Crippen molar-refractivity contribution < 1.29 is 43.3 Å². The number of carboxylic acids is 1. The molecule has 4 aliphatic rings. The van der Waals surface area contributed by atoms with Gasteiger partial charge in [-0.25, -0.2) is 14.8 Å². The molecule has 1 fully saturated rings. The fourth-order valence-corrected chi connectivity index (χ4v) is 10.7. The minimum atomic E-state index is -1.08. The maximum absolute atomic E-state index is 13.5. The van der Waals surface area contributed by atoms with Crippen LogP contribution in [0.25, 0.3) is 10.2 Å². The van der Waals surface area contributed by atoms with E-state index in [0.29, 0.717) is 124 Å². The molecule has 6 heterocycles. The molecule has 3 aliphatic heterocycles. The Labute approximate surface area is 393 Å². The van der Waals surface area contributed by atoms with E-state index in [1.54, 1.807) is 9.58 Å². The molecular weight excluding hydrogens is 901 g/mol. The molecule has 5 aromatic rings. The maximum Gasteiger partial charge on any atom is 0.355 e. The maximum atomic E-state index is 13.5. The van der Waals surface area contributed by atoms with Crippen LogP contribution < -0.4 is 20.9 Å². The Morgan fingerprint density at radius 2 is 1.75 bits per heavy atom. The molecule has 1 unspecified atom stereocenters. The molecule has 67 heavy (non-hydrogen) atoms. The first kappa shape index (κ1) is 45.8. The monoisotopic (exact) mass is 950 g/mol. The van der Waals surface area contributed by atoms with Gasteiger partial charge in [-0.3, -0.25) is 34.5 Å². The number of nitrogens with zero attached hydrogens (tertiary/aromatic N) is 7. The lowest BCUT2D eigenvalue weighted by atomic mass is 9.94. The number of aromatic carboxylic acids is 1. The summed E-state index contributed by atoms with van der Waals surface area (Å²) in [5, 5.41) is 28.3. The molecule has 4 N–H and O–H groups in total. The molecule has 0 saturated carbocycles. The number of imide groups is 1. The highest BCUT2D eigenvalue weighted by molar-refractivity contribution is 7.22. The second-order valence-corrected chi connectivity index (χ2v) is 18.5. The van der Waals surface area contributed by atoms with Crippen molar-refractivity contribution in [1.82, 2.24) is 40.5 Å². The van der Waals surface area contributed by atoms with E-state index in [-0.39, 0.29) is 36.4 Å². The lowest BCUT2D eigenvalue weighted by Crippen LogP contribution is -2.53. The molecule has 9 rings (SSSR count). The van der Waals surface area contributed by atoms with Crippen LogP contribution in [0.15, 0.2) is 71.6 Å². The number of piperidine rings is 1. The number of ether oxygens (including phenoxy) is 3. The molecule has 0 spiro atoms. The second kappa shape index (κ2) is 21.1. The van der Waals surface area contributed by atoms with Gasteiger partial charge in [0, 0.05) is 66.4 Å². The van der Waals surface area contributed by atoms with Crippen LogP contribution in [-0.2, 0) is 61.1 Å². The number of anilines is 2. The summed E-state index contributed by atoms with van der Waals surface area (Å²) in [5.41, 5.74) is 6.61. The first-order valence-electron chi connectivity index (χ1n) is 22.4. The zero-order valence-electron chi connectivity index (χ0n) is 36.7. The summed E-state index contributed by atoms with van der Waals surface area (Å²) in [6, 6.07) is 12.8. The summed E-state index contributed by atoms with van der Waals surface area (Å²) in [5.74, 6) is -2.15. The van der Waals surface area contributed by atoms with E-state index < -0.39 is 17.9 Å². The van der Waals surface area contributed by atoms with Crippen LogP contribution in [0.2, 0.25) is 0 Å². The van der Waals surface area contributed by atoms with Gasteiger partial charge in [0.25, 0.3) is 11.8 Å². The van der Waals surface area contributed by atoms with E-state index in [2.05, 4.69) is 42.3 Å². The van der Waals surface area contributed by atoms with Crippen LogP contribution in [0.5, 0.6) is 0 Å². The van der Waals surface area contributed by atoms with Gasteiger partial charge >= 0.3 is 5.97 Å². The van der Waals surface area contributed by atoms with Gasteiger partial charge in [-0.05, 0) is 67.9 Å². The van der Waals surface area contributed by atoms with Crippen molar-refractivity contribution in [3.05, 3.63) is 105 Å². The fourth-order valence-electron chi connectivity index (χ4n) is 8.69. The Hall–Kier alpha value is -6.39. The lowest BCUT2D eigenvalue weighted by Gasteiger charge is -2.30. The van der Waals surface area contributed by atoms with Crippen molar-refractivity contribution in [2.45, 2.75) is 70.7 Å². The van der Waals surface area contributed by atoms with E-state index in [1.807, 2.05) is 53.6 Å². The van der Waals surface area contributed by atoms with E-state index in [0.717, 1.165) is 44.6 Å². The smallest absolute Gasteiger partial charge is 0.355 e. The normalized spacial score (nSPS) is 17.2. The molecule has 19 nitrogen and oxygen atoms in total. The summed E-state index contributed by atoms with van der Waals surface area (Å²) >= 11 is 2.80. The number of nitrogens with one attached hydrogen (secondary N) is 3. The number of carbonyl (C=O) groups excluding carboxylic acids is 4. The van der Waals surface area contributed by atoms with Gasteiger partial charge in [-0.1, -0.05) is 46.9 Å². The third-order valence-electron chi connectivity index (χ3n) is 12.0. The number of aryl methyl sites for hydroxylation is 2. The number of hydrogen-bond donors (Lipinski definition) is 4. The Bertz CT molecular complexity index is 2710. The molecule has 1 atom stereocenters. The van der Waals surface area contributed by atoms with E-state index >= 15 is 0 Å². The number of hydrogen-bond acceptors (Lipinski definition) is 16. The Morgan fingerprint density at radius 3 is 2.58 bits per heavy atom. The molecule has 4 amide bonds. The van der Waals surface area contributed by atoms with Crippen LogP contribution in [0.1, 0.15) is 74.6 Å². The van der Waals surface area contributed by atoms with Gasteiger partial charge in [0.15, 0.2) is 16.0 Å². The van der Waals surface area contributed by atoms with Crippen LogP contribution in [0, 0.1) is 0 Å². The average molecular weight is 951 g/mol. The van der Waals surface area contributed by atoms with E-state index in [4.69, 9.17) is 14.2 Å². The standard InChI is InChI=1S/C46H50N10O9S2/c57-39-14-13-36(42(59)49-39)56-26-33-31(43(56)60)8-4-10-34(33)47-16-19-63-20-21-64-22-23-65-27-29-24-55(53-52-29)17-5-12-38-40(44(61)62)50-46(67-38)54-18-15-28-6-3-7-30(32(28)25-54)41(58)51-45-48-35-9-1-2-11-37(35)66-45/h1-3,6-7,9-11,24,36,47H,4-5,8,12-23,25-27H2,(H,61,62)(H,48,51,58)(H,49,57,59). The number of carbonyl (C=O) groups is 5. The number of carboxylic acid groups (broad SMARTS) is 1. The fraction of sp³-hybridized carbons (Fsp3) is 0.413. The molecule has 2 aromatic carbocycles. The highest BCUT2D eigenvalue weighted by atomic mass is 32.1. The van der Waals surface area contributed by atoms with Gasteiger partial charge in [-0.15, -0.1) is 16.4 Å². The molecule has 1 aliphatic carbocycles. The zero-order chi connectivity index (χ0) is 46.3. The quantitative estimate of drug-likeness (QED) is 0.0595. The number of aromatic nitrogens is 5. The molecule has 1 saturated heterocycles. The van der Waals surface area contributed by atoms with Crippen molar-refractivity contribution in [1.29, 1.82) is 0 Å². The van der Waals surface area contributed by atoms with Gasteiger partial charge in [0.2, 0.25) is 11.8 Å². The Balaban J connectivity index is 0.656. The average Bonchev–Trinajstić information content (AvgIpc) is 4.14. The van der Waals surface area contributed by atoms with Crippen molar-refractivity contribution in [2.24, 2.45) is 0 Å². The molecular formula is C46H50N10O9S2. The third kappa shape index (κ3) is 10.8. The van der Waals surface area contributed by atoms with Gasteiger partial charge in [0.1, 0.15) is 11.7 Å². The van der Waals surface area contributed by atoms with Gasteiger partial charge in [0.05, 0.1) is 56.1 Å². The SMILES string of the molecule is O=C1CCC(N2CC3=C(CCC=C3NCCOCCOCCOCc3cn(CCCc4sc(N5CCc6cccc(C(=O)Nc7nc8ccccc8s7)c6C5)nc4C(=O)O)nn3)C2=O)C(=O)N1. The largest absolute Gasteiger partial charge is 0.476 e. The minimum absolute atomic E-state index is 0.0431. The van der Waals surface area contributed by atoms with Crippen LogP contribution >= 0.6 is 22.7 Å². The minimum Gasteiger partial charge on any atom is -0.476 e. The predicted molar refractivity (Wildman–Crippen MR) is 248 cm³/mol. The number of fused-ring (bicyclic) bond motifs is 2. The summed E-state index contributed by atoms with van der Waals surface area (Å²) in [6.07, 6.45) is 7.63. The topological polar surface area (TPSA) is 232 Å². The molecule has 3 aromatic heterocycles. The predicted octanol–water partition coefficient (Wildman–Crippen LogP) is 4.25. The summed E-state index contributed by atoms with van der Waals surface area (Å²) in [4.78, 5) is 76.4. The van der Waals surface area contributed by atoms with Crippen molar-refractivity contribution in [2.75, 3.05) is 62.9 Å². The first-order valence-corrected chi connectivity index (χ1v) is 24.0. The number of allylic oxidation sites excluding steroid dienone is 1. The Morgan fingerprint density at radius 1 is 0.910 bits per heavy atom. The van der Waals surface area contributed by atoms with E-state index in [1.165, 1.54) is 22.7 Å². The molecule has 21 heteroatoms. The van der Waals surface area contributed by atoms with E-state index in [9.17, 15) is 29.1 Å². The van der Waals surface area contributed by atoms with Crippen LogP contribution in [-0.4, -0.2) is 123 Å². The van der Waals surface area contributed by atoms with Crippen molar-refractivity contribution in [3.63, 3.8) is 0 Å². The molecule has 0 bridgehead atoms. The zero-order valence-corrected chi connectivity index (χ0v) is 38.3. The first-order chi connectivity index (χ1) is 32.7. The van der Waals surface area contributed by atoms with Gasteiger partial charge < -0.3 is 34.4 Å². The number of thiazole rings is 2. The highest BCUT2D eigenvalue weighted by Gasteiger charge is 2.41. The summed E-state index contributed by atoms with van der Waals surface area (Å²) in [7, 11) is 0. The molecule has 350 valence electrons. The van der Waals surface area contributed by atoms with Gasteiger partial charge in [-0.2, -0.15) is 0 Å². The third-order valence-corrected chi connectivity index (χ3v) is 14.1. The lowest BCUT2D eigenvalue weighted by molar-refractivity contribution is -0.142. The van der Waals surface area contributed by atoms with Crippen LogP contribution in [0.4, 0.5) is 10.3 Å². The second-order valence-electron chi connectivity index (χ2n) is 16.4. The number of benzene rings is 2. The number of rotatable bonds is 21. The van der Waals surface area contributed by atoms with Crippen molar-refractivity contribution >= 4 is 72.8 Å². The Kier molecular flexibility index (Phi) is 14.4. The highest BCUT2D eigenvalue weighted by Crippen LogP contribution is 2.35. The van der Waals surface area contributed by atoms with Crippen molar-refractivity contribution in [3.8, 4) is 0 Å². The summed E-state index contributed by atoms with van der Waals surface area (Å²) in [6.45, 7) is 4.75. The number of amides is 4. The van der Waals surface area contributed by atoms with Crippen LogP contribution in [0.3, 0.4) is 0 Å².